The molecular weight excluding hydrogens is 364 g/mol. The molecule has 2 amide bonds. The van der Waals surface area contributed by atoms with Gasteiger partial charge in [-0.3, -0.25) is 9.59 Å². The van der Waals surface area contributed by atoms with E-state index in [0.717, 1.165) is 12.8 Å². The second-order valence-electron chi connectivity index (χ2n) is 9.47. The highest BCUT2D eigenvalue weighted by Crippen LogP contribution is 2.53. The molecule has 2 bridgehead atoms. The molecule has 5 heteroatoms. The molecule has 1 aromatic rings. The minimum absolute atomic E-state index is 0.0819. The number of nitrogens with zero attached hydrogens (tertiary/aromatic N) is 2. The van der Waals surface area contributed by atoms with Crippen LogP contribution >= 0.6 is 0 Å². The highest BCUT2D eigenvalue weighted by molar-refractivity contribution is 5.93. The van der Waals surface area contributed by atoms with Gasteiger partial charge < -0.3 is 14.5 Å². The van der Waals surface area contributed by atoms with Gasteiger partial charge in [0.05, 0.1) is 24.5 Å². The molecule has 1 spiro atoms. The van der Waals surface area contributed by atoms with E-state index in [-0.39, 0.29) is 29.8 Å². The molecule has 1 aliphatic carbocycles. The summed E-state index contributed by atoms with van der Waals surface area (Å²) in [5.74, 6) is -0.494. The number of benzene rings is 1. The SMILES string of the molecule is O=C([C@@H]1[C@@H]2C=C[C@@]3(CN(C4CCCCCC4)C(=O)[C@H]13)O2)N1Cc2ccccc2C1. The van der Waals surface area contributed by atoms with Crippen molar-refractivity contribution < 1.29 is 14.3 Å². The molecule has 0 radical (unpaired) electrons. The molecule has 0 aromatic heterocycles. The minimum atomic E-state index is -0.582. The van der Waals surface area contributed by atoms with Crippen LogP contribution in [-0.4, -0.2) is 45.9 Å². The largest absolute Gasteiger partial charge is 0.360 e. The van der Waals surface area contributed by atoms with Gasteiger partial charge in [-0.2, -0.15) is 0 Å². The average Bonchev–Trinajstić information content (AvgIpc) is 3.43. The highest BCUT2D eigenvalue weighted by atomic mass is 16.5. The number of carbonyl (C=O) groups excluding carboxylic acids is 2. The smallest absolute Gasteiger partial charge is 0.230 e. The maximum absolute atomic E-state index is 13.6. The van der Waals surface area contributed by atoms with Crippen LogP contribution in [0.25, 0.3) is 0 Å². The van der Waals surface area contributed by atoms with Crippen LogP contribution in [0.15, 0.2) is 36.4 Å². The van der Waals surface area contributed by atoms with Crippen molar-refractivity contribution in [3.63, 3.8) is 0 Å². The van der Waals surface area contributed by atoms with Crippen molar-refractivity contribution in [3.8, 4) is 0 Å². The normalized spacial score (nSPS) is 35.9. The van der Waals surface area contributed by atoms with Gasteiger partial charge in [-0.1, -0.05) is 62.1 Å². The lowest BCUT2D eigenvalue weighted by molar-refractivity contribution is -0.144. The van der Waals surface area contributed by atoms with Crippen molar-refractivity contribution >= 4 is 11.8 Å². The first-order valence-corrected chi connectivity index (χ1v) is 11.2. The van der Waals surface area contributed by atoms with Crippen LogP contribution in [0.5, 0.6) is 0 Å². The Labute approximate surface area is 171 Å². The Balaban J connectivity index is 1.26. The van der Waals surface area contributed by atoms with E-state index >= 15 is 0 Å². The number of ether oxygens (including phenoxy) is 1. The summed E-state index contributed by atoms with van der Waals surface area (Å²) in [7, 11) is 0. The summed E-state index contributed by atoms with van der Waals surface area (Å²) in [4.78, 5) is 31.1. The lowest BCUT2D eigenvalue weighted by Crippen LogP contribution is -2.45. The fourth-order valence-electron chi connectivity index (χ4n) is 6.39. The fraction of sp³-hybridized carbons (Fsp3) is 0.583. The lowest BCUT2D eigenvalue weighted by atomic mass is 9.76. The third kappa shape index (κ3) is 2.56. The summed E-state index contributed by atoms with van der Waals surface area (Å²) in [6, 6.07) is 8.55. The summed E-state index contributed by atoms with van der Waals surface area (Å²) in [5, 5.41) is 0. The van der Waals surface area contributed by atoms with Gasteiger partial charge in [0.15, 0.2) is 0 Å². The molecule has 6 rings (SSSR count). The molecule has 2 saturated heterocycles. The zero-order chi connectivity index (χ0) is 19.6. The second kappa shape index (κ2) is 6.43. The fourth-order valence-corrected chi connectivity index (χ4v) is 6.39. The van der Waals surface area contributed by atoms with Gasteiger partial charge >= 0.3 is 0 Å². The van der Waals surface area contributed by atoms with Gasteiger partial charge in [-0.05, 0) is 24.0 Å². The first-order chi connectivity index (χ1) is 14.2. The molecule has 0 N–H and O–H groups in total. The van der Waals surface area contributed by atoms with Crippen molar-refractivity contribution in [1.82, 2.24) is 9.80 Å². The molecule has 4 heterocycles. The Bertz CT molecular complexity index is 863. The molecule has 1 aromatic carbocycles. The quantitative estimate of drug-likeness (QED) is 0.574. The van der Waals surface area contributed by atoms with Crippen LogP contribution < -0.4 is 0 Å². The number of amides is 2. The van der Waals surface area contributed by atoms with Crippen molar-refractivity contribution in [1.29, 1.82) is 0 Å². The van der Waals surface area contributed by atoms with E-state index in [2.05, 4.69) is 23.1 Å². The van der Waals surface area contributed by atoms with Gasteiger partial charge in [0, 0.05) is 19.1 Å². The van der Waals surface area contributed by atoms with E-state index in [0.29, 0.717) is 25.7 Å². The van der Waals surface area contributed by atoms with Crippen LogP contribution in [0.1, 0.15) is 49.7 Å². The molecule has 5 aliphatic rings. The average molecular weight is 392 g/mol. The van der Waals surface area contributed by atoms with E-state index in [1.165, 1.54) is 36.8 Å². The molecule has 3 fully saturated rings. The van der Waals surface area contributed by atoms with E-state index in [1.807, 2.05) is 23.1 Å². The number of carbonyl (C=O) groups is 2. The maximum Gasteiger partial charge on any atom is 0.230 e. The topological polar surface area (TPSA) is 49.9 Å². The van der Waals surface area contributed by atoms with Gasteiger partial charge in [-0.25, -0.2) is 0 Å². The van der Waals surface area contributed by atoms with E-state index in [1.54, 1.807) is 0 Å². The number of hydrogen-bond donors (Lipinski definition) is 0. The van der Waals surface area contributed by atoms with Crippen molar-refractivity contribution in [2.24, 2.45) is 11.8 Å². The maximum atomic E-state index is 13.6. The monoisotopic (exact) mass is 392 g/mol. The van der Waals surface area contributed by atoms with E-state index in [4.69, 9.17) is 4.74 Å². The summed E-state index contributed by atoms with van der Waals surface area (Å²) in [6.07, 6.45) is 11.0. The summed E-state index contributed by atoms with van der Waals surface area (Å²) in [6.45, 7) is 1.91. The summed E-state index contributed by atoms with van der Waals surface area (Å²) < 4.78 is 6.36. The summed E-state index contributed by atoms with van der Waals surface area (Å²) >= 11 is 0. The van der Waals surface area contributed by atoms with Crippen molar-refractivity contribution in [2.75, 3.05) is 6.54 Å². The van der Waals surface area contributed by atoms with E-state index < -0.39 is 5.60 Å². The first-order valence-electron chi connectivity index (χ1n) is 11.2. The van der Waals surface area contributed by atoms with Gasteiger partial charge in [0.1, 0.15) is 5.60 Å². The van der Waals surface area contributed by atoms with E-state index in [9.17, 15) is 9.59 Å². The molecule has 152 valence electrons. The number of fused-ring (bicyclic) bond motifs is 2. The lowest BCUT2D eigenvalue weighted by Gasteiger charge is -2.30. The van der Waals surface area contributed by atoms with Crippen molar-refractivity contribution in [2.45, 2.75) is 69.4 Å². The van der Waals surface area contributed by atoms with Crippen LogP contribution in [0.4, 0.5) is 0 Å². The molecule has 0 unspecified atom stereocenters. The Hall–Kier alpha value is -2.14. The number of likely N-dealkylation sites (tertiary alicyclic amines) is 1. The molecule has 5 nitrogen and oxygen atoms in total. The molecule has 4 atom stereocenters. The highest BCUT2D eigenvalue weighted by Gasteiger charge is 2.67. The second-order valence-corrected chi connectivity index (χ2v) is 9.47. The minimum Gasteiger partial charge on any atom is -0.360 e. The number of rotatable bonds is 2. The molecule has 4 aliphatic heterocycles. The predicted octanol–water partition coefficient (Wildman–Crippen LogP) is 3.03. The van der Waals surface area contributed by atoms with Gasteiger partial charge in [0.2, 0.25) is 11.8 Å². The summed E-state index contributed by atoms with van der Waals surface area (Å²) in [5.41, 5.74) is 1.85. The predicted molar refractivity (Wildman–Crippen MR) is 108 cm³/mol. The van der Waals surface area contributed by atoms with Crippen LogP contribution in [-0.2, 0) is 27.4 Å². The van der Waals surface area contributed by atoms with Crippen LogP contribution in [0.2, 0.25) is 0 Å². The Kier molecular flexibility index (Phi) is 3.92. The van der Waals surface area contributed by atoms with Gasteiger partial charge in [0.25, 0.3) is 0 Å². The zero-order valence-electron chi connectivity index (χ0n) is 16.8. The third-order valence-electron chi connectivity index (χ3n) is 7.83. The van der Waals surface area contributed by atoms with Crippen molar-refractivity contribution in [3.05, 3.63) is 47.5 Å². The molecule has 29 heavy (non-hydrogen) atoms. The van der Waals surface area contributed by atoms with Crippen LogP contribution in [0.3, 0.4) is 0 Å². The third-order valence-corrected chi connectivity index (χ3v) is 7.83. The molecular formula is C24H28N2O3. The Morgan fingerprint density at radius 1 is 1.03 bits per heavy atom. The number of hydrogen-bond acceptors (Lipinski definition) is 3. The standard InChI is InChI=1S/C24H28N2O3/c27-22(25-13-16-7-5-6-8-17(16)14-25)20-19-11-12-24(29-19)15-26(23(28)21(20)24)18-9-3-1-2-4-10-18/h5-8,11-12,18-21H,1-4,9-10,13-15H2/t19-,20+,21-,24-/m0/s1. The molecule has 1 saturated carbocycles. The zero-order valence-corrected chi connectivity index (χ0v) is 16.8. The Morgan fingerprint density at radius 3 is 2.41 bits per heavy atom. The Morgan fingerprint density at radius 2 is 1.72 bits per heavy atom. The van der Waals surface area contributed by atoms with Gasteiger partial charge in [-0.15, -0.1) is 0 Å². The first kappa shape index (κ1) is 17.7. The van der Waals surface area contributed by atoms with Crippen LogP contribution in [0, 0.1) is 11.8 Å².